The number of hydrogen-bond acceptors (Lipinski definition) is 4. The maximum atomic E-state index is 11.2. The molecule has 1 aliphatic rings. The zero-order chi connectivity index (χ0) is 16.9. The molecule has 0 aliphatic carbocycles. The summed E-state index contributed by atoms with van der Waals surface area (Å²) in [4.78, 5) is 17.7. The highest BCUT2D eigenvalue weighted by Gasteiger charge is 2.23. The number of nitrogens with zero attached hydrogens (tertiary/aromatic N) is 3. The molecule has 1 fully saturated rings. The van der Waals surface area contributed by atoms with E-state index in [2.05, 4.69) is 14.5 Å². The van der Waals surface area contributed by atoms with Gasteiger partial charge in [0.15, 0.2) is 0 Å². The van der Waals surface area contributed by atoms with E-state index in [9.17, 15) is 9.90 Å². The monoisotopic (exact) mass is 329 g/mol. The molecule has 24 heavy (non-hydrogen) atoms. The third kappa shape index (κ3) is 3.94. The Bertz CT molecular complexity index is 685. The number of carbonyl (C=O) groups is 1. The number of benzene rings is 1. The Labute approximate surface area is 141 Å². The van der Waals surface area contributed by atoms with E-state index < -0.39 is 5.97 Å². The van der Waals surface area contributed by atoms with Crippen molar-refractivity contribution in [1.82, 2.24) is 14.5 Å². The van der Waals surface area contributed by atoms with E-state index >= 15 is 0 Å². The highest BCUT2D eigenvalue weighted by molar-refractivity contribution is 5.90. The van der Waals surface area contributed by atoms with Crippen LogP contribution >= 0.6 is 0 Å². The van der Waals surface area contributed by atoms with Crippen LogP contribution < -0.4 is 0 Å². The summed E-state index contributed by atoms with van der Waals surface area (Å²) < 4.78 is 2.09. The summed E-state index contributed by atoms with van der Waals surface area (Å²) in [6, 6.07) is 5.36. The molecule has 6 nitrogen and oxygen atoms in total. The van der Waals surface area contributed by atoms with Crippen LogP contribution in [0.25, 0.3) is 0 Å². The maximum absolute atomic E-state index is 11.2. The zero-order valence-electron chi connectivity index (χ0n) is 13.6. The summed E-state index contributed by atoms with van der Waals surface area (Å²) in [5.41, 5.74) is 0.902. The SMILES string of the molecule is O=C(O)c1cc(CN2CCCCC2CCn2ccnc2)ccc1O. The Kier molecular flexibility index (Phi) is 5.15. The van der Waals surface area contributed by atoms with Crippen LogP contribution in [0, 0.1) is 0 Å². The van der Waals surface area contributed by atoms with Crippen molar-refractivity contribution in [3.63, 3.8) is 0 Å². The van der Waals surface area contributed by atoms with E-state index in [0.29, 0.717) is 6.04 Å². The van der Waals surface area contributed by atoms with Gasteiger partial charge < -0.3 is 14.8 Å². The van der Waals surface area contributed by atoms with Crippen LogP contribution in [0.5, 0.6) is 5.75 Å². The fourth-order valence-corrected chi connectivity index (χ4v) is 3.40. The topological polar surface area (TPSA) is 78.6 Å². The van der Waals surface area contributed by atoms with Crippen LogP contribution in [0.1, 0.15) is 41.6 Å². The van der Waals surface area contributed by atoms with E-state index in [4.69, 9.17) is 5.11 Å². The van der Waals surface area contributed by atoms with Gasteiger partial charge in [0.1, 0.15) is 11.3 Å². The summed E-state index contributed by atoms with van der Waals surface area (Å²) in [7, 11) is 0. The first-order chi connectivity index (χ1) is 11.6. The van der Waals surface area contributed by atoms with Crippen molar-refractivity contribution >= 4 is 5.97 Å². The molecule has 0 saturated carbocycles. The van der Waals surface area contributed by atoms with Crippen LogP contribution in [-0.2, 0) is 13.1 Å². The average Bonchev–Trinajstić information content (AvgIpc) is 3.09. The lowest BCUT2D eigenvalue weighted by atomic mass is 9.98. The molecular formula is C18H23N3O3. The van der Waals surface area contributed by atoms with E-state index in [-0.39, 0.29) is 11.3 Å². The van der Waals surface area contributed by atoms with E-state index in [1.165, 1.54) is 25.3 Å². The van der Waals surface area contributed by atoms with Crippen molar-refractivity contribution in [3.05, 3.63) is 48.0 Å². The molecule has 2 heterocycles. The predicted molar refractivity (Wildman–Crippen MR) is 90.0 cm³/mol. The molecule has 2 aromatic rings. The Morgan fingerprint density at radius 2 is 2.21 bits per heavy atom. The largest absolute Gasteiger partial charge is 0.507 e. The van der Waals surface area contributed by atoms with Gasteiger partial charge in [-0.05, 0) is 43.5 Å². The fraction of sp³-hybridized carbons (Fsp3) is 0.444. The lowest BCUT2D eigenvalue weighted by Gasteiger charge is -2.36. The molecular weight excluding hydrogens is 306 g/mol. The molecule has 1 aliphatic heterocycles. The molecule has 0 amide bonds. The second kappa shape index (κ2) is 7.49. The minimum atomic E-state index is -1.09. The van der Waals surface area contributed by atoms with Gasteiger partial charge in [-0.15, -0.1) is 0 Å². The van der Waals surface area contributed by atoms with Crippen LogP contribution in [0.3, 0.4) is 0 Å². The number of piperidine rings is 1. The Morgan fingerprint density at radius 1 is 1.33 bits per heavy atom. The van der Waals surface area contributed by atoms with Gasteiger partial charge in [-0.1, -0.05) is 12.5 Å². The van der Waals surface area contributed by atoms with Gasteiger partial charge in [-0.25, -0.2) is 9.78 Å². The summed E-state index contributed by atoms with van der Waals surface area (Å²) >= 11 is 0. The molecule has 128 valence electrons. The third-order valence-electron chi connectivity index (χ3n) is 4.71. The molecule has 0 radical (unpaired) electrons. The van der Waals surface area contributed by atoms with Gasteiger partial charge >= 0.3 is 5.97 Å². The second-order valence-electron chi connectivity index (χ2n) is 6.37. The van der Waals surface area contributed by atoms with Gasteiger partial charge in [-0.2, -0.15) is 0 Å². The minimum absolute atomic E-state index is 0.0283. The molecule has 6 heteroatoms. The summed E-state index contributed by atoms with van der Waals surface area (Å²) in [5, 5.41) is 18.8. The molecule has 0 bridgehead atoms. The molecule has 1 atom stereocenters. The number of aromatic nitrogens is 2. The smallest absolute Gasteiger partial charge is 0.339 e. The van der Waals surface area contributed by atoms with E-state index in [1.807, 2.05) is 18.6 Å². The highest BCUT2D eigenvalue weighted by Crippen LogP contribution is 2.25. The molecule has 1 saturated heterocycles. The first-order valence-corrected chi connectivity index (χ1v) is 8.38. The van der Waals surface area contributed by atoms with Gasteiger partial charge in [0.2, 0.25) is 0 Å². The van der Waals surface area contributed by atoms with Crippen molar-refractivity contribution in [2.24, 2.45) is 0 Å². The predicted octanol–water partition coefficient (Wildman–Crippen LogP) is 2.73. The number of rotatable bonds is 6. The molecule has 3 rings (SSSR count). The van der Waals surface area contributed by atoms with Crippen molar-refractivity contribution < 1.29 is 15.0 Å². The van der Waals surface area contributed by atoms with Crippen molar-refractivity contribution in [3.8, 4) is 5.75 Å². The van der Waals surface area contributed by atoms with Crippen molar-refractivity contribution in [2.45, 2.75) is 44.8 Å². The Balaban J connectivity index is 1.67. The first kappa shape index (κ1) is 16.5. The minimum Gasteiger partial charge on any atom is -0.507 e. The number of aromatic carboxylic acids is 1. The van der Waals surface area contributed by atoms with E-state index in [0.717, 1.165) is 31.6 Å². The highest BCUT2D eigenvalue weighted by atomic mass is 16.4. The van der Waals surface area contributed by atoms with Gasteiger partial charge in [0.25, 0.3) is 0 Å². The Hall–Kier alpha value is -2.34. The summed E-state index contributed by atoms with van der Waals surface area (Å²) in [6.45, 7) is 2.68. The standard InChI is InChI=1S/C18H23N3O3/c22-17-5-4-14(11-16(17)18(23)24)12-21-8-2-1-3-15(21)6-9-20-10-7-19-13-20/h4-5,7,10-11,13,15,22H,1-3,6,8-9,12H2,(H,23,24). The number of carboxylic acids is 1. The molecule has 0 spiro atoms. The summed E-state index contributed by atoms with van der Waals surface area (Å²) in [6.07, 6.45) is 10.2. The quantitative estimate of drug-likeness (QED) is 0.852. The molecule has 1 unspecified atom stereocenters. The fourth-order valence-electron chi connectivity index (χ4n) is 3.40. The van der Waals surface area contributed by atoms with Crippen molar-refractivity contribution in [1.29, 1.82) is 0 Å². The number of imidazole rings is 1. The molecule has 2 N–H and O–H groups in total. The molecule has 1 aromatic carbocycles. The van der Waals surface area contributed by atoms with Crippen LogP contribution in [0.4, 0.5) is 0 Å². The van der Waals surface area contributed by atoms with Crippen LogP contribution in [0.2, 0.25) is 0 Å². The number of carboxylic acid groups (broad SMARTS) is 1. The average molecular weight is 329 g/mol. The normalized spacial score (nSPS) is 18.6. The number of hydrogen-bond donors (Lipinski definition) is 2. The number of phenols is 1. The lowest BCUT2D eigenvalue weighted by molar-refractivity contribution is 0.0693. The summed E-state index contributed by atoms with van der Waals surface area (Å²) in [5.74, 6) is -1.27. The number of aryl methyl sites for hydroxylation is 1. The lowest BCUT2D eigenvalue weighted by Crippen LogP contribution is -2.39. The Morgan fingerprint density at radius 3 is 2.96 bits per heavy atom. The van der Waals surface area contributed by atoms with Gasteiger partial charge in [0.05, 0.1) is 6.33 Å². The van der Waals surface area contributed by atoms with Crippen LogP contribution in [0.15, 0.2) is 36.9 Å². The number of likely N-dealkylation sites (tertiary alicyclic amines) is 1. The molecule has 1 aromatic heterocycles. The van der Waals surface area contributed by atoms with E-state index in [1.54, 1.807) is 12.3 Å². The maximum Gasteiger partial charge on any atom is 0.339 e. The third-order valence-corrected chi connectivity index (χ3v) is 4.71. The first-order valence-electron chi connectivity index (χ1n) is 8.38. The van der Waals surface area contributed by atoms with Crippen LogP contribution in [-0.4, -0.2) is 43.2 Å². The van der Waals surface area contributed by atoms with Gasteiger partial charge in [-0.3, -0.25) is 4.90 Å². The zero-order valence-corrected chi connectivity index (χ0v) is 13.6. The second-order valence-corrected chi connectivity index (χ2v) is 6.37. The van der Waals surface area contributed by atoms with Crippen molar-refractivity contribution in [2.75, 3.05) is 6.54 Å². The number of aromatic hydroxyl groups is 1. The van der Waals surface area contributed by atoms with Gasteiger partial charge in [0, 0.05) is 31.5 Å².